The number of hydrogen-bond donors (Lipinski definition) is 1. The van der Waals surface area contributed by atoms with Gasteiger partial charge in [0.15, 0.2) is 17.3 Å². The molecule has 0 atom stereocenters. The highest BCUT2D eigenvalue weighted by Crippen LogP contribution is 2.30. The van der Waals surface area contributed by atoms with Gasteiger partial charge in [0, 0.05) is 32.2 Å². The Bertz CT molecular complexity index is 1420. The van der Waals surface area contributed by atoms with Gasteiger partial charge in [0.05, 0.1) is 13.3 Å². The van der Waals surface area contributed by atoms with Gasteiger partial charge in [-0.25, -0.2) is 0 Å². The summed E-state index contributed by atoms with van der Waals surface area (Å²) in [5, 5.41) is 6.88. The maximum Gasteiger partial charge on any atom is 0.229 e. The molecule has 0 saturated carbocycles. The minimum Gasteiger partial charge on any atom is -0.493 e. The van der Waals surface area contributed by atoms with Crippen molar-refractivity contribution in [2.75, 3.05) is 48.5 Å². The topological polar surface area (TPSA) is 75.1 Å². The highest BCUT2D eigenvalue weighted by atomic mass is 16.5. The number of methoxy groups -OCH3 is 1. The van der Waals surface area contributed by atoms with Gasteiger partial charge >= 0.3 is 0 Å². The number of nitrogens with one attached hydrogen (secondary N) is 1. The summed E-state index contributed by atoms with van der Waals surface area (Å²) in [6.45, 7) is 4.53. The predicted molar refractivity (Wildman–Crippen MR) is 157 cm³/mol. The second-order valence-electron chi connectivity index (χ2n) is 10.0. The smallest absolute Gasteiger partial charge is 0.229 e. The monoisotopic (exact) mass is 522 g/mol. The molecule has 1 N–H and O–H groups in total. The zero-order valence-electron chi connectivity index (χ0n) is 22.3. The van der Waals surface area contributed by atoms with Crippen LogP contribution in [0.2, 0.25) is 0 Å². The van der Waals surface area contributed by atoms with E-state index >= 15 is 0 Å². The zero-order chi connectivity index (χ0) is 26.4. The average molecular weight is 523 g/mol. The minimum atomic E-state index is 0.457. The van der Waals surface area contributed by atoms with Crippen LogP contribution in [-0.2, 0) is 6.61 Å². The van der Waals surface area contributed by atoms with Gasteiger partial charge in [-0.1, -0.05) is 42.5 Å². The van der Waals surface area contributed by atoms with Crippen molar-refractivity contribution in [1.82, 2.24) is 9.97 Å². The van der Waals surface area contributed by atoms with Crippen molar-refractivity contribution in [2.45, 2.75) is 32.3 Å². The number of hydrazone groups is 1. The quantitative estimate of drug-likeness (QED) is 0.218. The lowest BCUT2D eigenvalue weighted by Gasteiger charge is -2.21. The van der Waals surface area contributed by atoms with Crippen molar-refractivity contribution in [3.8, 4) is 11.5 Å². The van der Waals surface area contributed by atoms with Crippen molar-refractivity contribution in [1.29, 1.82) is 0 Å². The molecule has 3 heterocycles. The number of aromatic nitrogens is 2. The van der Waals surface area contributed by atoms with Gasteiger partial charge in [-0.05, 0) is 65.8 Å². The van der Waals surface area contributed by atoms with E-state index in [0.717, 1.165) is 49.1 Å². The molecule has 8 heteroatoms. The van der Waals surface area contributed by atoms with Gasteiger partial charge in [0.2, 0.25) is 5.95 Å². The van der Waals surface area contributed by atoms with Gasteiger partial charge in [0.1, 0.15) is 12.4 Å². The molecule has 2 fully saturated rings. The van der Waals surface area contributed by atoms with Crippen LogP contribution in [-0.4, -0.2) is 49.5 Å². The van der Waals surface area contributed by atoms with E-state index in [4.69, 9.17) is 19.4 Å². The maximum atomic E-state index is 6.16. The van der Waals surface area contributed by atoms with E-state index in [9.17, 15) is 0 Å². The first-order valence-electron chi connectivity index (χ1n) is 13.7. The SMILES string of the molecule is COc1cc(C=NNc2cc(N3CCCC3)nc(N3CCCC3)n2)ccc1OCc1cccc2ccccc12. The van der Waals surface area contributed by atoms with Crippen LogP contribution in [0.15, 0.2) is 71.8 Å². The molecule has 0 unspecified atom stereocenters. The highest BCUT2D eigenvalue weighted by Gasteiger charge is 2.20. The number of anilines is 3. The summed E-state index contributed by atoms with van der Waals surface area (Å²) in [4.78, 5) is 14.2. The average Bonchev–Trinajstić information content (AvgIpc) is 3.72. The number of ether oxygens (including phenoxy) is 2. The number of nitrogens with zero attached hydrogens (tertiary/aromatic N) is 5. The first kappa shape index (κ1) is 25.0. The Kier molecular flexibility index (Phi) is 7.43. The summed E-state index contributed by atoms with van der Waals surface area (Å²) >= 11 is 0. The lowest BCUT2D eigenvalue weighted by Crippen LogP contribution is -2.24. The van der Waals surface area contributed by atoms with Gasteiger partial charge in [-0.15, -0.1) is 0 Å². The summed E-state index contributed by atoms with van der Waals surface area (Å²) in [6, 6.07) is 22.4. The minimum absolute atomic E-state index is 0.457. The molecule has 4 aromatic rings. The highest BCUT2D eigenvalue weighted by molar-refractivity contribution is 5.85. The fraction of sp³-hybridized carbons (Fsp3) is 0.323. The zero-order valence-corrected chi connectivity index (χ0v) is 22.3. The molecule has 8 nitrogen and oxygen atoms in total. The molecule has 1 aromatic heterocycles. The van der Waals surface area contributed by atoms with Crippen molar-refractivity contribution in [3.05, 3.63) is 77.9 Å². The van der Waals surface area contributed by atoms with Crippen LogP contribution in [0.1, 0.15) is 36.8 Å². The number of hydrogen-bond acceptors (Lipinski definition) is 8. The molecule has 6 rings (SSSR count). The Hall–Kier alpha value is -4.33. The summed E-state index contributed by atoms with van der Waals surface area (Å²) in [6.07, 6.45) is 6.54. The van der Waals surface area contributed by atoms with Crippen LogP contribution in [0.25, 0.3) is 10.8 Å². The molecule has 0 radical (unpaired) electrons. The number of rotatable bonds is 9. The molecule has 39 heavy (non-hydrogen) atoms. The molecular weight excluding hydrogens is 488 g/mol. The van der Waals surface area contributed by atoms with Crippen molar-refractivity contribution in [2.24, 2.45) is 5.10 Å². The van der Waals surface area contributed by atoms with Crippen molar-refractivity contribution >= 4 is 34.6 Å². The molecule has 3 aromatic carbocycles. The normalized spacial score (nSPS) is 15.4. The summed E-state index contributed by atoms with van der Waals surface area (Å²) < 4.78 is 11.8. The lowest BCUT2D eigenvalue weighted by atomic mass is 10.1. The second kappa shape index (κ2) is 11.6. The van der Waals surface area contributed by atoms with Crippen LogP contribution in [0, 0.1) is 0 Å². The van der Waals surface area contributed by atoms with Gasteiger partial charge in [0.25, 0.3) is 0 Å². The predicted octanol–water partition coefficient (Wildman–Crippen LogP) is 5.86. The third-order valence-corrected chi connectivity index (χ3v) is 7.36. The molecule has 0 bridgehead atoms. The van der Waals surface area contributed by atoms with Crippen LogP contribution in [0.5, 0.6) is 11.5 Å². The van der Waals surface area contributed by atoms with Gasteiger partial charge in [-0.3, -0.25) is 5.43 Å². The lowest BCUT2D eigenvalue weighted by molar-refractivity contribution is 0.285. The molecule has 0 amide bonds. The van der Waals surface area contributed by atoms with Crippen LogP contribution in [0.3, 0.4) is 0 Å². The Balaban J connectivity index is 1.15. The van der Waals surface area contributed by atoms with Crippen molar-refractivity contribution < 1.29 is 9.47 Å². The Morgan fingerprint density at radius 1 is 0.846 bits per heavy atom. The summed E-state index contributed by atoms with van der Waals surface area (Å²) in [7, 11) is 1.65. The van der Waals surface area contributed by atoms with E-state index in [1.807, 2.05) is 24.3 Å². The molecular formula is C31H34N6O2. The van der Waals surface area contributed by atoms with Crippen LogP contribution in [0.4, 0.5) is 17.6 Å². The second-order valence-corrected chi connectivity index (χ2v) is 10.0. The Morgan fingerprint density at radius 2 is 1.62 bits per heavy atom. The van der Waals surface area contributed by atoms with Gasteiger partial charge in [-0.2, -0.15) is 15.1 Å². The first-order chi connectivity index (χ1) is 19.3. The van der Waals surface area contributed by atoms with Gasteiger partial charge < -0.3 is 19.3 Å². The fourth-order valence-electron chi connectivity index (χ4n) is 5.28. The Labute approximate surface area is 229 Å². The molecule has 2 saturated heterocycles. The molecule has 200 valence electrons. The largest absolute Gasteiger partial charge is 0.493 e. The van der Waals surface area contributed by atoms with Crippen LogP contribution < -0.4 is 24.7 Å². The molecule has 2 aliphatic rings. The van der Waals surface area contributed by atoms with E-state index < -0.39 is 0 Å². The molecule has 0 spiro atoms. The standard InChI is InChI=1S/C31H34N6O2/c1-38-28-19-23(13-14-27(28)39-22-25-11-8-10-24-9-2-3-12-26(24)25)21-32-35-29-20-30(36-15-4-5-16-36)34-31(33-29)37-17-6-7-18-37/h2-3,8-14,19-21H,4-7,15-18,22H2,1H3,(H,33,34,35). The fourth-order valence-corrected chi connectivity index (χ4v) is 5.28. The third-order valence-electron chi connectivity index (χ3n) is 7.36. The van der Waals surface area contributed by atoms with E-state index in [-0.39, 0.29) is 0 Å². The van der Waals surface area contributed by atoms with E-state index in [1.165, 1.54) is 36.5 Å². The first-order valence-corrected chi connectivity index (χ1v) is 13.7. The third kappa shape index (κ3) is 5.74. The maximum absolute atomic E-state index is 6.16. The summed E-state index contributed by atoms with van der Waals surface area (Å²) in [5.74, 6) is 3.80. The number of benzene rings is 3. The van der Waals surface area contributed by atoms with E-state index in [1.54, 1.807) is 13.3 Å². The van der Waals surface area contributed by atoms with Crippen LogP contribution >= 0.6 is 0 Å². The van der Waals surface area contributed by atoms with E-state index in [2.05, 4.69) is 62.8 Å². The Morgan fingerprint density at radius 3 is 2.44 bits per heavy atom. The van der Waals surface area contributed by atoms with E-state index in [0.29, 0.717) is 23.9 Å². The molecule has 0 aliphatic carbocycles. The van der Waals surface area contributed by atoms with Crippen molar-refractivity contribution in [3.63, 3.8) is 0 Å². The number of fused-ring (bicyclic) bond motifs is 1. The molecule has 2 aliphatic heterocycles. The summed E-state index contributed by atoms with van der Waals surface area (Å²) in [5.41, 5.74) is 5.16.